The zero-order valence-electron chi connectivity index (χ0n) is 20.2. The van der Waals surface area contributed by atoms with Gasteiger partial charge >= 0.3 is 7.60 Å². The van der Waals surface area contributed by atoms with Crippen LogP contribution in [0.2, 0.25) is 0 Å². The molecule has 3 rings (SSSR count). The molecule has 1 saturated heterocycles. The number of aromatic nitrogens is 4. The molecule has 1 fully saturated rings. The molecule has 0 bridgehead atoms. The molecule has 0 spiro atoms. The molecule has 0 amide bonds. The highest BCUT2D eigenvalue weighted by Gasteiger charge is 2.52. The number of nitrogens with zero attached hydrogens (tertiary/aromatic N) is 4. The number of ether oxygens (including phenoxy) is 1. The Labute approximate surface area is 198 Å². The van der Waals surface area contributed by atoms with Crippen LogP contribution >= 0.6 is 7.60 Å². The van der Waals surface area contributed by atoms with Crippen LogP contribution < -0.4 is 5.32 Å². The summed E-state index contributed by atoms with van der Waals surface area (Å²) >= 11 is 0. The maximum absolute atomic E-state index is 13.1. The Morgan fingerprint density at radius 2 is 1.76 bits per heavy atom. The molecular weight excluding hydrogens is 465 g/mol. The van der Waals surface area contributed by atoms with Crippen LogP contribution in [0.5, 0.6) is 0 Å². The number of rotatable bonds is 11. The predicted octanol–water partition coefficient (Wildman–Crippen LogP) is 2.15. The van der Waals surface area contributed by atoms with Gasteiger partial charge in [-0.1, -0.05) is 27.7 Å². The van der Waals surface area contributed by atoms with Crippen molar-refractivity contribution >= 4 is 24.6 Å². The molecule has 1 aliphatic rings. The Balaban J connectivity index is 1.88. The maximum atomic E-state index is 13.1. The van der Waals surface area contributed by atoms with Gasteiger partial charge < -0.3 is 30.3 Å². The third-order valence-electron chi connectivity index (χ3n) is 7.04. The number of aliphatic hydroxyl groups is 3. The Hall–Kier alpha value is -1.66. The standard InChI is InChI=1S/C21H36N5O7P/c1-6-20(7-2,33-34(30,31)21(29,8-3)9-4)10-13-15(27)16(28)19(32-13)26-12-25-14-17(22-5)23-11-24-18(14)26/h11-13,15-16,19,27-29H,6-10H2,1-5H3,(H,30,31)(H,22,23,24)/t13?,15-,16-,19?/m1/s1. The van der Waals surface area contributed by atoms with Crippen molar-refractivity contribution < 1.29 is 34.0 Å². The Morgan fingerprint density at radius 3 is 2.32 bits per heavy atom. The Bertz CT molecular complexity index is 1030. The topological polar surface area (TPSA) is 172 Å². The van der Waals surface area contributed by atoms with Crippen molar-refractivity contribution in [2.75, 3.05) is 12.4 Å². The van der Waals surface area contributed by atoms with E-state index in [1.165, 1.54) is 17.2 Å². The number of imidazole rings is 1. The van der Waals surface area contributed by atoms with E-state index in [1.807, 2.05) is 0 Å². The summed E-state index contributed by atoms with van der Waals surface area (Å²) in [5.74, 6) is 0.510. The van der Waals surface area contributed by atoms with Gasteiger partial charge in [-0.2, -0.15) is 0 Å². The minimum absolute atomic E-state index is 0.0339. The largest absolute Gasteiger partial charge is 0.388 e. The van der Waals surface area contributed by atoms with Gasteiger partial charge in [-0.25, -0.2) is 15.0 Å². The maximum Gasteiger partial charge on any atom is 0.359 e. The molecule has 3 unspecified atom stereocenters. The molecule has 0 aromatic carbocycles. The van der Waals surface area contributed by atoms with Crippen LogP contribution in [0.3, 0.4) is 0 Å². The second kappa shape index (κ2) is 10.1. The van der Waals surface area contributed by atoms with E-state index in [0.717, 1.165) is 0 Å². The zero-order chi connectivity index (χ0) is 25.3. The molecule has 1 aliphatic heterocycles. The quantitative estimate of drug-likeness (QED) is 0.286. The summed E-state index contributed by atoms with van der Waals surface area (Å²) in [4.78, 5) is 23.3. The van der Waals surface area contributed by atoms with E-state index >= 15 is 0 Å². The van der Waals surface area contributed by atoms with Crippen LogP contribution in [0.4, 0.5) is 5.82 Å². The fourth-order valence-corrected chi connectivity index (χ4v) is 6.24. The zero-order valence-corrected chi connectivity index (χ0v) is 21.1. The molecule has 5 N–H and O–H groups in total. The first-order valence-corrected chi connectivity index (χ1v) is 13.2. The summed E-state index contributed by atoms with van der Waals surface area (Å²) < 4.78 is 26.5. The summed E-state index contributed by atoms with van der Waals surface area (Å²) in [5, 5.41) is 33.4. The number of anilines is 1. The normalized spacial score (nSPS) is 25.6. The third-order valence-corrected chi connectivity index (χ3v) is 9.36. The van der Waals surface area contributed by atoms with Gasteiger partial charge in [-0.05, 0) is 25.7 Å². The van der Waals surface area contributed by atoms with E-state index in [9.17, 15) is 24.8 Å². The molecular formula is C21H36N5O7P. The molecule has 2 aromatic heterocycles. The van der Waals surface area contributed by atoms with E-state index < -0.39 is 43.1 Å². The number of nitrogens with one attached hydrogen (secondary N) is 1. The summed E-state index contributed by atoms with van der Waals surface area (Å²) in [6, 6.07) is 0. The highest BCUT2D eigenvalue weighted by Crippen LogP contribution is 2.61. The van der Waals surface area contributed by atoms with Crippen molar-refractivity contribution in [2.24, 2.45) is 0 Å². The molecule has 13 heteroatoms. The molecule has 0 aliphatic carbocycles. The molecule has 34 heavy (non-hydrogen) atoms. The minimum Gasteiger partial charge on any atom is -0.388 e. The van der Waals surface area contributed by atoms with Gasteiger partial charge in [-0.15, -0.1) is 0 Å². The monoisotopic (exact) mass is 501 g/mol. The average molecular weight is 502 g/mol. The van der Waals surface area contributed by atoms with Gasteiger partial charge in [0.1, 0.15) is 24.1 Å². The van der Waals surface area contributed by atoms with E-state index in [4.69, 9.17) is 9.26 Å². The van der Waals surface area contributed by atoms with E-state index in [-0.39, 0.29) is 19.3 Å². The lowest BCUT2D eigenvalue weighted by Gasteiger charge is -2.40. The highest BCUT2D eigenvalue weighted by molar-refractivity contribution is 7.54. The van der Waals surface area contributed by atoms with Crippen LogP contribution in [-0.2, 0) is 13.8 Å². The van der Waals surface area contributed by atoms with Gasteiger partial charge in [0.2, 0.25) is 0 Å². The molecule has 0 saturated carbocycles. The van der Waals surface area contributed by atoms with Gasteiger partial charge in [0.05, 0.1) is 18.0 Å². The van der Waals surface area contributed by atoms with Crippen LogP contribution in [0, 0.1) is 0 Å². The van der Waals surface area contributed by atoms with Crippen molar-refractivity contribution in [3.8, 4) is 0 Å². The summed E-state index contributed by atoms with van der Waals surface area (Å²) in [6.45, 7) is 6.85. The van der Waals surface area contributed by atoms with Gasteiger partial charge in [0.15, 0.2) is 23.0 Å². The third kappa shape index (κ3) is 4.60. The van der Waals surface area contributed by atoms with Gasteiger partial charge in [0, 0.05) is 13.5 Å². The SMILES string of the molecule is CCC(CC)(CC1OC(n2cnc3c(NC)ncnc32)[C@H](O)[C@@H]1O)OP(=O)(O)C(O)(CC)CC. The molecule has 2 aromatic rings. The molecule has 192 valence electrons. The lowest BCUT2D eigenvalue weighted by molar-refractivity contribution is -0.0761. The second-order valence-corrected chi connectivity index (χ2v) is 10.8. The Morgan fingerprint density at radius 1 is 1.12 bits per heavy atom. The first kappa shape index (κ1) is 26.9. The van der Waals surface area contributed by atoms with E-state index in [1.54, 1.807) is 34.7 Å². The molecule has 3 heterocycles. The summed E-state index contributed by atoms with van der Waals surface area (Å²) in [7, 11) is -2.75. The second-order valence-electron chi connectivity index (χ2n) is 8.74. The summed E-state index contributed by atoms with van der Waals surface area (Å²) in [5.41, 5.74) is -0.264. The number of fused-ring (bicyclic) bond motifs is 1. The smallest absolute Gasteiger partial charge is 0.359 e. The van der Waals surface area contributed by atoms with Crippen molar-refractivity contribution in [1.82, 2.24) is 19.5 Å². The van der Waals surface area contributed by atoms with Gasteiger partial charge in [0.25, 0.3) is 0 Å². The van der Waals surface area contributed by atoms with Crippen molar-refractivity contribution in [3.63, 3.8) is 0 Å². The minimum atomic E-state index is -4.45. The fraction of sp³-hybridized carbons (Fsp3) is 0.762. The number of hydrogen-bond donors (Lipinski definition) is 5. The molecule has 5 atom stereocenters. The first-order chi connectivity index (χ1) is 16.0. The van der Waals surface area contributed by atoms with Crippen LogP contribution in [-0.4, -0.2) is 76.0 Å². The van der Waals surface area contributed by atoms with E-state index in [0.29, 0.717) is 29.8 Å². The van der Waals surface area contributed by atoms with Crippen molar-refractivity contribution in [1.29, 1.82) is 0 Å². The highest BCUT2D eigenvalue weighted by atomic mass is 31.2. The summed E-state index contributed by atoms with van der Waals surface area (Å²) in [6.07, 6.45) is -0.870. The lowest BCUT2D eigenvalue weighted by Crippen LogP contribution is -2.42. The lowest BCUT2D eigenvalue weighted by atomic mass is 9.88. The van der Waals surface area contributed by atoms with Crippen LogP contribution in [0.1, 0.15) is 66.0 Å². The predicted molar refractivity (Wildman–Crippen MR) is 125 cm³/mol. The van der Waals surface area contributed by atoms with Crippen molar-refractivity contribution in [2.45, 2.75) is 95.3 Å². The number of aliphatic hydroxyl groups excluding tert-OH is 2. The number of hydrogen-bond acceptors (Lipinski definition) is 10. The molecule has 0 radical (unpaired) electrons. The Kier molecular flexibility index (Phi) is 8.03. The van der Waals surface area contributed by atoms with Gasteiger partial charge in [-0.3, -0.25) is 13.7 Å². The first-order valence-electron chi connectivity index (χ1n) is 11.6. The van der Waals surface area contributed by atoms with Crippen molar-refractivity contribution in [3.05, 3.63) is 12.7 Å². The van der Waals surface area contributed by atoms with Crippen LogP contribution in [0.15, 0.2) is 12.7 Å². The van der Waals surface area contributed by atoms with E-state index in [2.05, 4.69) is 20.3 Å². The average Bonchev–Trinajstić information content (AvgIpc) is 3.38. The molecule has 12 nitrogen and oxygen atoms in total. The fourth-order valence-electron chi connectivity index (χ4n) is 4.42. The van der Waals surface area contributed by atoms with Crippen LogP contribution in [0.25, 0.3) is 11.2 Å².